The molecule has 1 heterocycles. The van der Waals surface area contributed by atoms with Crippen LogP contribution in [-0.2, 0) is 20.9 Å². The molecule has 5 heteroatoms. The summed E-state index contributed by atoms with van der Waals surface area (Å²) in [5, 5.41) is 0. The Bertz CT molecular complexity index is 579. The summed E-state index contributed by atoms with van der Waals surface area (Å²) in [7, 11) is 0. The largest absolute Gasteiger partial charge is 0.460 e. The zero-order valence-electron chi connectivity index (χ0n) is 15.7. The minimum absolute atomic E-state index is 0.114. The topological polar surface area (TPSA) is 55.8 Å². The van der Waals surface area contributed by atoms with Crippen molar-refractivity contribution >= 4 is 12.1 Å². The summed E-state index contributed by atoms with van der Waals surface area (Å²) in [6.45, 7) is 9.15. The number of hydrogen-bond acceptors (Lipinski definition) is 4. The standard InChI is InChI=1S/C20H29NO4/c1-15-10-17(11-18(22)25-20(2,3)4)13-21(12-15)19(23)24-14-16-8-6-5-7-9-16/h5-9,15,17H,10-14H2,1-4H3. The molecule has 0 radical (unpaired) electrons. The number of ether oxygens (including phenoxy) is 2. The Labute approximate surface area is 150 Å². The normalized spacial score (nSPS) is 20.9. The van der Waals surface area contributed by atoms with Crippen LogP contribution >= 0.6 is 0 Å². The minimum Gasteiger partial charge on any atom is -0.460 e. The van der Waals surface area contributed by atoms with Gasteiger partial charge in [-0.25, -0.2) is 4.79 Å². The monoisotopic (exact) mass is 347 g/mol. The summed E-state index contributed by atoms with van der Waals surface area (Å²) >= 11 is 0. The van der Waals surface area contributed by atoms with E-state index in [9.17, 15) is 9.59 Å². The van der Waals surface area contributed by atoms with E-state index in [4.69, 9.17) is 9.47 Å². The molecule has 25 heavy (non-hydrogen) atoms. The number of carbonyl (C=O) groups excluding carboxylic acids is 2. The van der Waals surface area contributed by atoms with Crippen LogP contribution in [0.2, 0.25) is 0 Å². The van der Waals surface area contributed by atoms with Crippen LogP contribution in [0, 0.1) is 11.8 Å². The van der Waals surface area contributed by atoms with Crippen LogP contribution in [0.4, 0.5) is 4.79 Å². The van der Waals surface area contributed by atoms with Gasteiger partial charge in [-0.2, -0.15) is 0 Å². The van der Waals surface area contributed by atoms with Crippen molar-refractivity contribution in [2.75, 3.05) is 13.1 Å². The predicted molar refractivity (Wildman–Crippen MR) is 95.9 cm³/mol. The molecule has 2 rings (SSSR count). The molecule has 0 bridgehead atoms. The summed E-state index contributed by atoms with van der Waals surface area (Å²) in [4.78, 5) is 26.1. The van der Waals surface area contributed by atoms with E-state index in [2.05, 4.69) is 6.92 Å². The zero-order chi connectivity index (χ0) is 18.4. The van der Waals surface area contributed by atoms with Crippen LogP contribution in [0.3, 0.4) is 0 Å². The lowest BCUT2D eigenvalue weighted by Gasteiger charge is -2.35. The number of amides is 1. The smallest absolute Gasteiger partial charge is 0.410 e. The number of nitrogens with zero attached hydrogens (tertiary/aromatic N) is 1. The second kappa shape index (κ2) is 8.37. The van der Waals surface area contributed by atoms with Crippen LogP contribution in [-0.4, -0.2) is 35.7 Å². The van der Waals surface area contributed by atoms with Crippen molar-refractivity contribution in [3.63, 3.8) is 0 Å². The summed E-state index contributed by atoms with van der Waals surface area (Å²) < 4.78 is 10.8. The third-order valence-corrected chi connectivity index (χ3v) is 4.09. The van der Waals surface area contributed by atoms with Gasteiger partial charge in [-0.15, -0.1) is 0 Å². The Morgan fingerprint density at radius 1 is 1.16 bits per heavy atom. The van der Waals surface area contributed by atoms with Crippen molar-refractivity contribution in [2.24, 2.45) is 11.8 Å². The maximum Gasteiger partial charge on any atom is 0.410 e. The molecule has 138 valence electrons. The van der Waals surface area contributed by atoms with E-state index < -0.39 is 5.60 Å². The lowest BCUT2D eigenvalue weighted by atomic mass is 9.88. The van der Waals surface area contributed by atoms with Gasteiger partial charge in [-0.05, 0) is 44.6 Å². The second-order valence-electron chi connectivity index (χ2n) is 7.94. The van der Waals surface area contributed by atoms with Gasteiger partial charge < -0.3 is 14.4 Å². The average Bonchev–Trinajstić information content (AvgIpc) is 2.51. The summed E-state index contributed by atoms with van der Waals surface area (Å²) in [6.07, 6.45) is 0.941. The molecule has 0 spiro atoms. The van der Waals surface area contributed by atoms with E-state index in [1.165, 1.54) is 0 Å². The fraction of sp³-hybridized carbons (Fsp3) is 0.600. The van der Waals surface area contributed by atoms with Gasteiger partial charge in [-0.3, -0.25) is 4.79 Å². The molecule has 1 amide bonds. The van der Waals surface area contributed by atoms with E-state index in [0.717, 1.165) is 12.0 Å². The first-order chi connectivity index (χ1) is 11.7. The SMILES string of the molecule is CC1CC(CC(=O)OC(C)(C)C)CN(C(=O)OCc2ccccc2)C1. The quantitative estimate of drug-likeness (QED) is 0.772. The fourth-order valence-electron chi connectivity index (χ4n) is 3.21. The summed E-state index contributed by atoms with van der Waals surface area (Å²) in [6, 6.07) is 9.62. The molecule has 1 aliphatic rings. The van der Waals surface area contributed by atoms with Crippen molar-refractivity contribution in [3.8, 4) is 0 Å². The van der Waals surface area contributed by atoms with Gasteiger partial charge in [0.25, 0.3) is 0 Å². The molecule has 2 atom stereocenters. The fourth-order valence-corrected chi connectivity index (χ4v) is 3.21. The van der Waals surface area contributed by atoms with E-state index in [1.807, 2.05) is 51.1 Å². The molecular formula is C20H29NO4. The van der Waals surface area contributed by atoms with Gasteiger partial charge in [0, 0.05) is 13.1 Å². The van der Waals surface area contributed by atoms with Crippen LogP contribution < -0.4 is 0 Å². The molecule has 1 saturated heterocycles. The van der Waals surface area contributed by atoms with E-state index in [0.29, 0.717) is 25.4 Å². The molecule has 0 aromatic heterocycles. The number of benzene rings is 1. The molecule has 0 saturated carbocycles. The number of piperidine rings is 1. The predicted octanol–water partition coefficient (Wildman–Crippen LogP) is 4.01. The van der Waals surface area contributed by atoms with Gasteiger partial charge in [-0.1, -0.05) is 37.3 Å². The van der Waals surface area contributed by atoms with Crippen molar-refractivity contribution in [1.82, 2.24) is 4.90 Å². The highest BCUT2D eigenvalue weighted by Gasteiger charge is 2.31. The van der Waals surface area contributed by atoms with Gasteiger partial charge in [0.2, 0.25) is 0 Å². The highest BCUT2D eigenvalue weighted by Crippen LogP contribution is 2.26. The number of hydrogen-bond donors (Lipinski definition) is 0. The summed E-state index contributed by atoms with van der Waals surface area (Å²) in [5.41, 5.74) is 0.484. The number of rotatable bonds is 4. The molecular weight excluding hydrogens is 318 g/mol. The molecule has 0 aliphatic carbocycles. The Hall–Kier alpha value is -2.04. The van der Waals surface area contributed by atoms with Gasteiger partial charge in [0.15, 0.2) is 0 Å². The van der Waals surface area contributed by atoms with Crippen molar-refractivity contribution in [2.45, 2.75) is 52.7 Å². The second-order valence-corrected chi connectivity index (χ2v) is 7.94. The molecule has 1 aliphatic heterocycles. The van der Waals surface area contributed by atoms with E-state index >= 15 is 0 Å². The molecule has 1 fully saturated rings. The first-order valence-electron chi connectivity index (χ1n) is 8.90. The number of likely N-dealkylation sites (tertiary alicyclic amines) is 1. The third-order valence-electron chi connectivity index (χ3n) is 4.09. The van der Waals surface area contributed by atoms with Gasteiger partial charge >= 0.3 is 12.1 Å². The third kappa shape index (κ3) is 6.77. The Morgan fingerprint density at radius 3 is 2.48 bits per heavy atom. The van der Waals surface area contributed by atoms with E-state index in [-0.39, 0.29) is 24.6 Å². The molecule has 0 N–H and O–H groups in total. The minimum atomic E-state index is -0.480. The maximum absolute atomic E-state index is 12.4. The van der Waals surface area contributed by atoms with Gasteiger partial charge in [0.1, 0.15) is 12.2 Å². The van der Waals surface area contributed by atoms with Crippen LogP contribution in [0.15, 0.2) is 30.3 Å². The van der Waals surface area contributed by atoms with Gasteiger partial charge in [0.05, 0.1) is 6.42 Å². The van der Waals surface area contributed by atoms with Crippen molar-refractivity contribution < 1.29 is 19.1 Å². The lowest BCUT2D eigenvalue weighted by molar-refractivity contribution is -0.156. The summed E-state index contributed by atoms with van der Waals surface area (Å²) in [5.74, 6) is 0.248. The Morgan fingerprint density at radius 2 is 1.84 bits per heavy atom. The Kier molecular flexibility index (Phi) is 6.45. The maximum atomic E-state index is 12.4. The first-order valence-corrected chi connectivity index (χ1v) is 8.90. The van der Waals surface area contributed by atoms with Crippen LogP contribution in [0.1, 0.15) is 46.1 Å². The van der Waals surface area contributed by atoms with Crippen LogP contribution in [0.5, 0.6) is 0 Å². The lowest BCUT2D eigenvalue weighted by Crippen LogP contribution is -2.44. The number of carbonyl (C=O) groups is 2. The highest BCUT2D eigenvalue weighted by molar-refractivity contribution is 5.71. The molecule has 2 unspecified atom stereocenters. The highest BCUT2D eigenvalue weighted by atomic mass is 16.6. The number of esters is 1. The van der Waals surface area contributed by atoms with Crippen molar-refractivity contribution in [1.29, 1.82) is 0 Å². The molecule has 1 aromatic rings. The molecule has 1 aromatic carbocycles. The average molecular weight is 347 g/mol. The van der Waals surface area contributed by atoms with Crippen molar-refractivity contribution in [3.05, 3.63) is 35.9 Å². The van der Waals surface area contributed by atoms with Crippen LogP contribution in [0.25, 0.3) is 0 Å². The first kappa shape index (κ1) is 19.3. The van der Waals surface area contributed by atoms with E-state index in [1.54, 1.807) is 4.90 Å². The Balaban J connectivity index is 1.86. The molecule has 5 nitrogen and oxygen atoms in total. The zero-order valence-corrected chi connectivity index (χ0v) is 15.7.